The van der Waals surface area contributed by atoms with Gasteiger partial charge in [-0.2, -0.15) is 0 Å². The number of carbonyl (C=O) groups is 3. The van der Waals surface area contributed by atoms with Crippen molar-refractivity contribution >= 4 is 17.7 Å². The van der Waals surface area contributed by atoms with Gasteiger partial charge in [-0.15, -0.1) is 0 Å². The minimum atomic E-state index is -0.638. The van der Waals surface area contributed by atoms with Crippen LogP contribution in [0.4, 0.5) is 0 Å². The Kier molecular flexibility index (Phi) is 3.55. The second kappa shape index (κ2) is 5.42. The Bertz CT molecular complexity index is 727. The summed E-state index contributed by atoms with van der Waals surface area (Å²) in [7, 11) is 1.43. The number of nitrogens with zero attached hydrogens (tertiary/aromatic N) is 1. The zero-order chi connectivity index (χ0) is 16.7. The quantitative estimate of drug-likeness (QED) is 0.415. The molecule has 1 saturated heterocycles. The molecule has 1 aromatic carbocycles. The average Bonchev–Trinajstić information content (AvgIpc) is 2.75. The molecule has 1 aliphatic carbocycles. The first-order chi connectivity index (χ1) is 10.9. The number of carbonyl (C=O) groups excluding carboxylic acids is 3. The van der Waals surface area contributed by atoms with Crippen molar-refractivity contribution in [2.45, 2.75) is 12.5 Å². The highest BCUT2D eigenvalue weighted by Gasteiger charge is 2.50. The molecule has 0 bridgehead atoms. The van der Waals surface area contributed by atoms with E-state index in [-0.39, 0.29) is 28.9 Å². The number of phenolic OH excluding ortho intramolecular Hbond substituents is 2. The van der Waals surface area contributed by atoms with Crippen molar-refractivity contribution < 1.29 is 24.6 Å². The standard InChI is InChI=1S/C16H16N2O5/c1-18-15(22)9-3-2-4-11(13(9)16(18)23)17-14(21)10-7-8(19)5-6-12(10)20/h2,4-7,9,11,13,19-20H,3H2,1H3,(H,17,21)/t9-,11+,13-/m0/s1. The fraction of sp³-hybridized carbons (Fsp3) is 0.312. The van der Waals surface area contributed by atoms with Gasteiger partial charge in [0, 0.05) is 7.05 Å². The number of hydrogen-bond acceptors (Lipinski definition) is 5. The van der Waals surface area contributed by atoms with Crippen molar-refractivity contribution in [2.24, 2.45) is 11.8 Å². The fourth-order valence-electron chi connectivity index (χ4n) is 3.12. The largest absolute Gasteiger partial charge is 0.508 e. The van der Waals surface area contributed by atoms with Gasteiger partial charge < -0.3 is 15.5 Å². The molecule has 1 aromatic rings. The van der Waals surface area contributed by atoms with Crippen LogP contribution < -0.4 is 5.32 Å². The summed E-state index contributed by atoms with van der Waals surface area (Å²) in [6, 6.07) is 2.98. The van der Waals surface area contributed by atoms with E-state index in [9.17, 15) is 24.6 Å². The van der Waals surface area contributed by atoms with Crippen LogP contribution in [0.25, 0.3) is 0 Å². The van der Waals surface area contributed by atoms with E-state index in [1.165, 1.54) is 19.2 Å². The van der Waals surface area contributed by atoms with Crippen LogP contribution in [0, 0.1) is 11.8 Å². The molecular weight excluding hydrogens is 300 g/mol. The Labute approximate surface area is 132 Å². The van der Waals surface area contributed by atoms with E-state index >= 15 is 0 Å². The molecule has 0 saturated carbocycles. The molecule has 23 heavy (non-hydrogen) atoms. The molecular formula is C16H16N2O5. The first-order valence-corrected chi connectivity index (χ1v) is 7.21. The summed E-state index contributed by atoms with van der Waals surface area (Å²) in [6.45, 7) is 0. The number of allylic oxidation sites excluding steroid dienone is 1. The summed E-state index contributed by atoms with van der Waals surface area (Å²) < 4.78 is 0. The second-order valence-corrected chi connectivity index (χ2v) is 5.73. The van der Waals surface area contributed by atoms with E-state index in [0.29, 0.717) is 6.42 Å². The van der Waals surface area contributed by atoms with Gasteiger partial charge in [0.2, 0.25) is 11.8 Å². The van der Waals surface area contributed by atoms with Gasteiger partial charge in [-0.3, -0.25) is 19.3 Å². The highest BCUT2D eigenvalue weighted by molar-refractivity contribution is 6.06. The molecule has 2 aliphatic rings. The highest BCUT2D eigenvalue weighted by atomic mass is 16.3. The SMILES string of the molecule is CN1C(=O)[C@H]2[C@H](CC=C[C@H]2NC(=O)c2cc(O)ccc2O)C1=O. The lowest BCUT2D eigenvalue weighted by Gasteiger charge is -2.27. The number of fused-ring (bicyclic) bond motifs is 1. The molecule has 3 rings (SSSR count). The van der Waals surface area contributed by atoms with Crippen LogP contribution in [-0.2, 0) is 9.59 Å². The Hall–Kier alpha value is -2.83. The summed E-state index contributed by atoms with van der Waals surface area (Å²) in [6.07, 6.45) is 3.91. The van der Waals surface area contributed by atoms with Crippen molar-refractivity contribution in [3.05, 3.63) is 35.9 Å². The Morgan fingerprint density at radius 3 is 2.74 bits per heavy atom. The lowest BCUT2D eigenvalue weighted by Crippen LogP contribution is -2.45. The highest BCUT2D eigenvalue weighted by Crippen LogP contribution is 2.35. The molecule has 1 fully saturated rings. The summed E-state index contributed by atoms with van der Waals surface area (Å²) in [5, 5.41) is 21.8. The number of benzene rings is 1. The molecule has 1 heterocycles. The molecule has 7 nitrogen and oxygen atoms in total. The zero-order valence-corrected chi connectivity index (χ0v) is 12.4. The summed E-state index contributed by atoms with van der Waals surface area (Å²) >= 11 is 0. The lowest BCUT2D eigenvalue weighted by atomic mass is 9.81. The number of aromatic hydroxyl groups is 2. The molecule has 0 unspecified atom stereocenters. The third kappa shape index (κ3) is 2.44. The maximum atomic E-state index is 12.3. The van der Waals surface area contributed by atoms with E-state index < -0.39 is 23.8 Å². The minimum absolute atomic E-state index is 0.0920. The predicted octanol–water partition coefficient (Wildman–Crippen LogP) is 0.387. The molecule has 3 atom stereocenters. The van der Waals surface area contributed by atoms with E-state index in [1.54, 1.807) is 12.2 Å². The molecule has 120 valence electrons. The maximum Gasteiger partial charge on any atom is 0.255 e. The third-order valence-electron chi connectivity index (χ3n) is 4.34. The first kappa shape index (κ1) is 15.1. The van der Waals surface area contributed by atoms with Gasteiger partial charge >= 0.3 is 0 Å². The molecule has 7 heteroatoms. The smallest absolute Gasteiger partial charge is 0.255 e. The Morgan fingerprint density at radius 1 is 1.26 bits per heavy atom. The van der Waals surface area contributed by atoms with Gasteiger partial charge in [-0.1, -0.05) is 12.2 Å². The van der Waals surface area contributed by atoms with Gasteiger partial charge in [-0.05, 0) is 24.6 Å². The van der Waals surface area contributed by atoms with Crippen LogP contribution >= 0.6 is 0 Å². The van der Waals surface area contributed by atoms with Crippen molar-refractivity contribution in [1.82, 2.24) is 10.2 Å². The summed E-state index contributed by atoms with van der Waals surface area (Å²) in [4.78, 5) is 37.7. The Balaban J connectivity index is 1.85. The first-order valence-electron chi connectivity index (χ1n) is 7.21. The third-order valence-corrected chi connectivity index (χ3v) is 4.34. The number of imide groups is 1. The maximum absolute atomic E-state index is 12.3. The van der Waals surface area contributed by atoms with Gasteiger partial charge in [-0.25, -0.2) is 0 Å². The Morgan fingerprint density at radius 2 is 2.00 bits per heavy atom. The lowest BCUT2D eigenvalue weighted by molar-refractivity contribution is -0.138. The van der Waals surface area contributed by atoms with Gasteiger partial charge in [0.15, 0.2) is 0 Å². The average molecular weight is 316 g/mol. The van der Waals surface area contributed by atoms with Crippen LogP contribution in [-0.4, -0.2) is 45.9 Å². The van der Waals surface area contributed by atoms with Crippen molar-refractivity contribution in [2.75, 3.05) is 7.05 Å². The monoisotopic (exact) mass is 316 g/mol. The van der Waals surface area contributed by atoms with E-state index in [1.807, 2.05) is 0 Å². The summed E-state index contributed by atoms with van der Waals surface area (Å²) in [5.74, 6) is -2.73. The number of hydrogen-bond donors (Lipinski definition) is 3. The van der Waals surface area contributed by atoms with Gasteiger partial charge in [0.25, 0.3) is 5.91 Å². The van der Waals surface area contributed by atoms with Crippen molar-refractivity contribution in [3.63, 3.8) is 0 Å². The van der Waals surface area contributed by atoms with Crippen LogP contribution in [0.2, 0.25) is 0 Å². The predicted molar refractivity (Wildman–Crippen MR) is 79.5 cm³/mol. The number of rotatable bonds is 2. The van der Waals surface area contributed by atoms with Crippen LogP contribution in [0.5, 0.6) is 11.5 Å². The second-order valence-electron chi connectivity index (χ2n) is 5.73. The molecule has 3 amide bonds. The van der Waals surface area contributed by atoms with Crippen molar-refractivity contribution in [3.8, 4) is 11.5 Å². The van der Waals surface area contributed by atoms with Crippen LogP contribution in [0.1, 0.15) is 16.8 Å². The van der Waals surface area contributed by atoms with Gasteiger partial charge in [0.1, 0.15) is 11.5 Å². The fourth-order valence-corrected chi connectivity index (χ4v) is 3.12. The zero-order valence-electron chi connectivity index (χ0n) is 12.4. The molecule has 0 spiro atoms. The number of amides is 3. The normalized spacial score (nSPS) is 26.3. The summed E-state index contributed by atoms with van der Waals surface area (Å²) in [5.41, 5.74) is -0.0920. The topological polar surface area (TPSA) is 107 Å². The molecule has 0 radical (unpaired) electrons. The number of likely N-dealkylation sites (tertiary alicyclic amines) is 1. The van der Waals surface area contributed by atoms with E-state index in [4.69, 9.17) is 0 Å². The van der Waals surface area contributed by atoms with E-state index in [0.717, 1.165) is 11.0 Å². The minimum Gasteiger partial charge on any atom is -0.508 e. The molecule has 1 aliphatic heterocycles. The molecule has 0 aromatic heterocycles. The van der Waals surface area contributed by atoms with Crippen LogP contribution in [0.15, 0.2) is 30.4 Å². The molecule has 3 N–H and O–H groups in total. The van der Waals surface area contributed by atoms with Gasteiger partial charge in [0.05, 0.1) is 23.4 Å². The number of nitrogens with one attached hydrogen (secondary N) is 1. The number of phenols is 2. The van der Waals surface area contributed by atoms with E-state index in [2.05, 4.69) is 5.32 Å². The van der Waals surface area contributed by atoms with Crippen molar-refractivity contribution in [1.29, 1.82) is 0 Å². The van der Waals surface area contributed by atoms with Crippen LogP contribution in [0.3, 0.4) is 0 Å².